The van der Waals surface area contributed by atoms with Gasteiger partial charge < -0.3 is 39.1 Å². The number of hydrogen-bond acceptors (Lipinski definition) is 10. The summed E-state index contributed by atoms with van der Waals surface area (Å²) < 4.78 is 30.5. The van der Waals surface area contributed by atoms with Crippen LogP contribution in [0.1, 0.15) is 60.8 Å². The zero-order valence-corrected chi connectivity index (χ0v) is 26.5. The molecule has 42 heavy (non-hydrogen) atoms. The highest BCUT2D eigenvalue weighted by atomic mass is 16.6. The van der Waals surface area contributed by atoms with E-state index in [2.05, 4.69) is 44.6 Å². The summed E-state index contributed by atoms with van der Waals surface area (Å²) in [6.07, 6.45) is 2.74. The summed E-state index contributed by atoms with van der Waals surface area (Å²) in [6, 6.07) is 0. The second-order valence-corrected chi connectivity index (χ2v) is 10.2. The molecule has 0 saturated carbocycles. The molecule has 0 aliphatic rings. The lowest BCUT2D eigenvalue weighted by atomic mass is 10.1. The molecule has 2 N–H and O–H groups in total. The molecule has 0 rings (SSSR count). The van der Waals surface area contributed by atoms with Crippen LogP contribution in [0.3, 0.4) is 0 Å². The molecule has 0 aliphatic carbocycles. The molecule has 0 aliphatic heterocycles. The Bertz CT molecular complexity index is 773. The van der Waals surface area contributed by atoms with Crippen molar-refractivity contribution in [3.63, 3.8) is 0 Å². The molecule has 0 aromatic heterocycles. The Morgan fingerprint density at radius 3 is 1.67 bits per heavy atom. The van der Waals surface area contributed by atoms with Gasteiger partial charge >= 0.3 is 24.1 Å². The second kappa shape index (κ2) is 28.0. The van der Waals surface area contributed by atoms with Crippen LogP contribution in [0.25, 0.3) is 0 Å². The smallest absolute Gasteiger partial charge is 0.407 e. The third-order valence-corrected chi connectivity index (χ3v) is 5.04. The van der Waals surface area contributed by atoms with Crippen molar-refractivity contribution < 1.29 is 47.6 Å². The van der Waals surface area contributed by atoms with Crippen LogP contribution in [-0.2, 0) is 38.0 Å². The topological polar surface area (TPSA) is 148 Å². The maximum absolute atomic E-state index is 11.4. The molecule has 2 unspecified atom stereocenters. The van der Waals surface area contributed by atoms with Crippen LogP contribution in [0.15, 0.2) is 24.8 Å². The molecular formula is C30H54N2O10. The van der Waals surface area contributed by atoms with Gasteiger partial charge in [0.05, 0.1) is 26.3 Å². The van der Waals surface area contributed by atoms with E-state index >= 15 is 0 Å². The van der Waals surface area contributed by atoms with Crippen molar-refractivity contribution in [2.24, 2.45) is 17.8 Å². The van der Waals surface area contributed by atoms with E-state index in [0.29, 0.717) is 37.9 Å². The fraction of sp³-hybridized carbons (Fsp3) is 0.733. The number of esters is 2. The molecule has 12 nitrogen and oxygen atoms in total. The lowest BCUT2D eigenvalue weighted by Crippen LogP contribution is -2.30. The second-order valence-electron chi connectivity index (χ2n) is 10.2. The summed E-state index contributed by atoms with van der Waals surface area (Å²) in [5, 5.41) is 5.01. The van der Waals surface area contributed by atoms with Crippen LogP contribution in [0, 0.1) is 17.8 Å². The number of ether oxygens (including phenoxy) is 6. The van der Waals surface area contributed by atoms with Gasteiger partial charge in [-0.3, -0.25) is 0 Å². The predicted molar refractivity (Wildman–Crippen MR) is 160 cm³/mol. The zero-order chi connectivity index (χ0) is 32.2. The molecule has 0 aromatic carbocycles. The highest BCUT2D eigenvalue weighted by molar-refractivity contribution is 5.86. The number of amides is 2. The van der Waals surface area contributed by atoms with Gasteiger partial charge in [0, 0.05) is 38.1 Å². The van der Waals surface area contributed by atoms with E-state index in [4.69, 9.17) is 28.4 Å². The van der Waals surface area contributed by atoms with Crippen molar-refractivity contribution in [2.75, 3.05) is 65.9 Å². The van der Waals surface area contributed by atoms with Gasteiger partial charge in [-0.15, -0.1) is 0 Å². The first kappa shape index (κ1) is 41.0. The van der Waals surface area contributed by atoms with E-state index in [-0.39, 0.29) is 38.1 Å². The van der Waals surface area contributed by atoms with Gasteiger partial charge in [-0.1, -0.05) is 47.8 Å². The van der Waals surface area contributed by atoms with Crippen LogP contribution >= 0.6 is 0 Å². The Morgan fingerprint density at radius 2 is 1.21 bits per heavy atom. The number of rotatable bonds is 22. The predicted octanol–water partition coefficient (Wildman–Crippen LogP) is 4.43. The number of alkyl carbamates (subject to hydrolysis) is 2. The summed E-state index contributed by atoms with van der Waals surface area (Å²) in [5.74, 6) is 0.0268. The van der Waals surface area contributed by atoms with E-state index in [0.717, 1.165) is 38.6 Å². The molecule has 2 amide bonds. The zero-order valence-electron chi connectivity index (χ0n) is 26.5. The van der Waals surface area contributed by atoms with Crippen molar-refractivity contribution >= 4 is 24.1 Å². The monoisotopic (exact) mass is 602 g/mol. The van der Waals surface area contributed by atoms with Gasteiger partial charge in [0.1, 0.15) is 13.2 Å². The average molecular weight is 603 g/mol. The fourth-order valence-corrected chi connectivity index (χ4v) is 2.62. The quantitative estimate of drug-likeness (QED) is 0.0789. The van der Waals surface area contributed by atoms with Crippen molar-refractivity contribution in [1.29, 1.82) is 0 Å². The molecule has 0 aromatic rings. The number of nitrogens with one attached hydrogen (secondary N) is 2. The van der Waals surface area contributed by atoms with Crippen LogP contribution in [0.5, 0.6) is 0 Å². The molecule has 0 saturated heterocycles. The molecule has 0 bridgehead atoms. The largest absolute Gasteiger partial charge is 0.461 e. The average Bonchev–Trinajstić information content (AvgIpc) is 2.95. The highest BCUT2D eigenvalue weighted by Crippen LogP contribution is 2.04. The molecule has 0 radical (unpaired) electrons. The number of carbonyl (C=O) groups excluding carboxylic acids is 4. The van der Waals surface area contributed by atoms with Crippen molar-refractivity contribution in [2.45, 2.75) is 60.8 Å². The third kappa shape index (κ3) is 29.9. The Labute approximate surface area is 251 Å². The molecule has 0 spiro atoms. The number of carbonyl (C=O) groups is 4. The van der Waals surface area contributed by atoms with Crippen LogP contribution in [0.2, 0.25) is 0 Å². The normalized spacial score (nSPS) is 11.7. The Hall–Kier alpha value is -3.12. The molecule has 2 atom stereocenters. The third-order valence-electron chi connectivity index (χ3n) is 5.04. The Morgan fingerprint density at radius 1 is 0.714 bits per heavy atom. The van der Waals surface area contributed by atoms with Crippen molar-refractivity contribution in [1.82, 2.24) is 10.6 Å². The Balaban J connectivity index is 0. The van der Waals surface area contributed by atoms with Gasteiger partial charge in [0.15, 0.2) is 0 Å². The Kier molecular flexibility index (Phi) is 27.4. The summed E-state index contributed by atoms with van der Waals surface area (Å²) in [7, 11) is 0. The first-order chi connectivity index (χ1) is 19.9. The van der Waals surface area contributed by atoms with Gasteiger partial charge in [0.25, 0.3) is 0 Å². The van der Waals surface area contributed by atoms with Crippen molar-refractivity contribution in [3.05, 3.63) is 24.8 Å². The highest BCUT2D eigenvalue weighted by Gasteiger charge is 2.09. The van der Waals surface area contributed by atoms with E-state index in [1.807, 2.05) is 13.8 Å². The standard InChI is InChI=1S/2C15H27NO5/c1-5-14(17)20-9-7-16-15(18)21-11-13(4)6-8-19-10-12(2)3;1-5-8-19-9-6-13(4)11-21-15(18)16-7-10-20-14(17)12(2)3/h5,12-13H,1,6-11H2,2-4H3,(H,16,18);13H,2,5-11H2,1,3-4H3,(H,16,18). The van der Waals surface area contributed by atoms with Crippen LogP contribution < -0.4 is 10.6 Å². The van der Waals surface area contributed by atoms with Gasteiger partial charge in [0.2, 0.25) is 0 Å². The van der Waals surface area contributed by atoms with Gasteiger partial charge in [-0.25, -0.2) is 19.2 Å². The first-order valence-electron chi connectivity index (χ1n) is 14.5. The minimum atomic E-state index is -0.514. The van der Waals surface area contributed by atoms with E-state index in [9.17, 15) is 19.2 Å². The van der Waals surface area contributed by atoms with Crippen LogP contribution in [0.4, 0.5) is 9.59 Å². The summed E-state index contributed by atoms with van der Waals surface area (Å²) in [6.45, 7) is 22.7. The van der Waals surface area contributed by atoms with Gasteiger partial charge in [-0.05, 0) is 43.9 Å². The van der Waals surface area contributed by atoms with Gasteiger partial charge in [-0.2, -0.15) is 0 Å². The number of hydrogen-bond donors (Lipinski definition) is 2. The minimum absolute atomic E-state index is 0.0958. The lowest BCUT2D eigenvalue weighted by Gasteiger charge is -2.13. The fourth-order valence-electron chi connectivity index (χ4n) is 2.62. The summed E-state index contributed by atoms with van der Waals surface area (Å²) >= 11 is 0. The SMILES string of the molecule is C=C(C)C(=O)OCCNC(=O)OCC(C)CCOCCC.C=CC(=O)OCCNC(=O)OCC(C)CCOCC(C)C. The molecule has 0 heterocycles. The summed E-state index contributed by atoms with van der Waals surface area (Å²) in [4.78, 5) is 44.5. The summed E-state index contributed by atoms with van der Waals surface area (Å²) in [5.41, 5.74) is 0.330. The molecular weight excluding hydrogens is 548 g/mol. The van der Waals surface area contributed by atoms with Crippen molar-refractivity contribution in [3.8, 4) is 0 Å². The van der Waals surface area contributed by atoms with E-state index in [1.54, 1.807) is 6.92 Å². The van der Waals surface area contributed by atoms with E-state index in [1.165, 1.54) is 0 Å². The minimum Gasteiger partial charge on any atom is -0.461 e. The first-order valence-corrected chi connectivity index (χ1v) is 14.5. The lowest BCUT2D eigenvalue weighted by molar-refractivity contribution is -0.139. The van der Waals surface area contributed by atoms with Crippen LogP contribution in [-0.4, -0.2) is 90.1 Å². The molecule has 12 heteroatoms. The molecule has 244 valence electrons. The maximum Gasteiger partial charge on any atom is 0.407 e. The van der Waals surface area contributed by atoms with E-state index < -0.39 is 24.1 Å². The molecule has 0 fully saturated rings. The maximum atomic E-state index is 11.4.